The van der Waals surface area contributed by atoms with Gasteiger partial charge in [-0.1, -0.05) is 12.2 Å². The van der Waals surface area contributed by atoms with E-state index < -0.39 is 5.97 Å². The van der Waals surface area contributed by atoms with Crippen LogP contribution in [0.3, 0.4) is 0 Å². The van der Waals surface area contributed by atoms with Crippen LogP contribution in [0.5, 0.6) is 5.75 Å². The highest BCUT2D eigenvalue weighted by molar-refractivity contribution is 7.12. The average molecular weight is 198 g/mol. The number of carboxylic acid groups (broad SMARTS) is 1. The highest BCUT2D eigenvalue weighted by Gasteiger charge is 2.11. The molecule has 1 N–H and O–H groups in total. The van der Waals surface area contributed by atoms with E-state index in [1.54, 1.807) is 11.4 Å². The minimum atomic E-state index is -0.939. The number of allylic oxidation sites excluding steroid dienone is 1. The lowest BCUT2D eigenvalue weighted by molar-refractivity contribution is 0.0698. The van der Waals surface area contributed by atoms with E-state index >= 15 is 0 Å². The lowest BCUT2D eigenvalue weighted by Gasteiger charge is -2.00. The van der Waals surface area contributed by atoms with Crippen LogP contribution < -0.4 is 4.74 Å². The number of ether oxygens (including phenoxy) is 1. The van der Waals surface area contributed by atoms with E-state index in [-0.39, 0.29) is 4.88 Å². The molecule has 1 rings (SSSR count). The van der Waals surface area contributed by atoms with Crippen LogP contribution in [-0.4, -0.2) is 17.7 Å². The van der Waals surface area contributed by atoms with Gasteiger partial charge in [-0.15, -0.1) is 11.3 Å². The molecule has 3 nitrogen and oxygen atoms in total. The third-order valence-corrected chi connectivity index (χ3v) is 2.28. The maximum atomic E-state index is 10.6. The zero-order valence-electron chi connectivity index (χ0n) is 7.19. The Balaban J connectivity index is 2.65. The van der Waals surface area contributed by atoms with Crippen molar-refractivity contribution < 1.29 is 14.6 Å². The maximum Gasteiger partial charge on any atom is 0.349 e. The second-order valence-corrected chi connectivity index (χ2v) is 3.22. The molecule has 0 aromatic carbocycles. The summed E-state index contributed by atoms with van der Waals surface area (Å²) >= 11 is 1.17. The van der Waals surface area contributed by atoms with Gasteiger partial charge in [-0.3, -0.25) is 0 Å². The molecule has 0 spiro atoms. The Bertz CT molecular complexity index is 314. The molecule has 4 heteroatoms. The molecule has 0 saturated heterocycles. The van der Waals surface area contributed by atoms with Crippen molar-refractivity contribution in [3.63, 3.8) is 0 Å². The number of carboxylic acids is 1. The third-order valence-electron chi connectivity index (χ3n) is 1.39. The van der Waals surface area contributed by atoms with Gasteiger partial charge in [-0.2, -0.15) is 0 Å². The van der Waals surface area contributed by atoms with E-state index in [2.05, 4.69) is 0 Å². The summed E-state index contributed by atoms with van der Waals surface area (Å²) in [5, 5.41) is 10.4. The summed E-state index contributed by atoms with van der Waals surface area (Å²) in [4.78, 5) is 10.9. The molecule has 0 saturated carbocycles. The molecule has 1 aromatic heterocycles. The fourth-order valence-electron chi connectivity index (χ4n) is 0.801. The number of hydrogen-bond donors (Lipinski definition) is 1. The van der Waals surface area contributed by atoms with Gasteiger partial charge in [-0.05, 0) is 18.4 Å². The van der Waals surface area contributed by atoms with Crippen molar-refractivity contribution in [2.24, 2.45) is 0 Å². The van der Waals surface area contributed by atoms with Crippen LogP contribution in [0.25, 0.3) is 0 Å². The fraction of sp³-hybridized carbons (Fsp3) is 0.222. The summed E-state index contributed by atoms with van der Waals surface area (Å²) in [6.45, 7) is 2.29. The first-order valence-electron chi connectivity index (χ1n) is 3.80. The second-order valence-electron chi connectivity index (χ2n) is 2.30. The highest BCUT2D eigenvalue weighted by atomic mass is 32.1. The molecule has 0 unspecified atom stereocenters. The summed E-state index contributed by atoms with van der Waals surface area (Å²) in [6, 6.07) is 1.66. The van der Waals surface area contributed by atoms with Gasteiger partial charge in [0.2, 0.25) is 0 Å². The van der Waals surface area contributed by atoms with Crippen LogP contribution in [0.15, 0.2) is 23.6 Å². The number of thiophene rings is 1. The predicted molar refractivity (Wildman–Crippen MR) is 51.6 cm³/mol. The Morgan fingerprint density at radius 2 is 2.54 bits per heavy atom. The van der Waals surface area contributed by atoms with E-state index in [1.807, 2.05) is 19.1 Å². The Kier molecular flexibility index (Phi) is 3.52. The average Bonchev–Trinajstić information content (AvgIpc) is 2.53. The molecule has 0 aliphatic rings. The van der Waals surface area contributed by atoms with Gasteiger partial charge >= 0.3 is 5.97 Å². The summed E-state index contributed by atoms with van der Waals surface area (Å²) in [6.07, 6.45) is 3.68. The molecule has 1 aromatic rings. The summed E-state index contributed by atoms with van der Waals surface area (Å²) in [7, 11) is 0. The van der Waals surface area contributed by atoms with Gasteiger partial charge in [-0.25, -0.2) is 4.79 Å². The van der Waals surface area contributed by atoms with Crippen molar-refractivity contribution in [2.75, 3.05) is 6.61 Å². The first-order chi connectivity index (χ1) is 6.25. The largest absolute Gasteiger partial charge is 0.488 e. The van der Waals surface area contributed by atoms with E-state index in [9.17, 15) is 4.79 Å². The quantitative estimate of drug-likeness (QED) is 0.755. The highest BCUT2D eigenvalue weighted by Crippen LogP contribution is 2.24. The number of rotatable bonds is 4. The Labute approximate surface area is 80.3 Å². The number of hydrogen-bond acceptors (Lipinski definition) is 3. The maximum absolute atomic E-state index is 10.6. The Morgan fingerprint density at radius 3 is 3.15 bits per heavy atom. The SMILES string of the molecule is CC=CCOc1ccsc1C(=O)O. The molecule has 0 bridgehead atoms. The first kappa shape index (κ1) is 9.80. The molecule has 0 aliphatic carbocycles. The van der Waals surface area contributed by atoms with Crippen molar-refractivity contribution in [2.45, 2.75) is 6.92 Å². The molecule has 0 aliphatic heterocycles. The Hall–Kier alpha value is -1.29. The van der Waals surface area contributed by atoms with Crippen molar-refractivity contribution in [1.29, 1.82) is 0 Å². The van der Waals surface area contributed by atoms with Crippen LogP contribution >= 0.6 is 11.3 Å². The lowest BCUT2D eigenvalue weighted by atomic mass is 10.4. The van der Waals surface area contributed by atoms with Gasteiger partial charge in [0.25, 0.3) is 0 Å². The van der Waals surface area contributed by atoms with E-state index in [0.29, 0.717) is 12.4 Å². The molecule has 70 valence electrons. The van der Waals surface area contributed by atoms with Crippen LogP contribution in [0.4, 0.5) is 0 Å². The molecule has 1 heterocycles. The van der Waals surface area contributed by atoms with Gasteiger partial charge in [0, 0.05) is 0 Å². The van der Waals surface area contributed by atoms with Crippen LogP contribution in [0.1, 0.15) is 16.6 Å². The number of carbonyl (C=O) groups is 1. The van der Waals surface area contributed by atoms with Gasteiger partial charge in [0.15, 0.2) is 4.88 Å². The molecule has 0 fully saturated rings. The van der Waals surface area contributed by atoms with E-state index in [0.717, 1.165) is 0 Å². The summed E-state index contributed by atoms with van der Waals surface area (Å²) in [5.41, 5.74) is 0. The van der Waals surface area contributed by atoms with Crippen molar-refractivity contribution >= 4 is 17.3 Å². The predicted octanol–water partition coefficient (Wildman–Crippen LogP) is 2.40. The van der Waals surface area contributed by atoms with Crippen LogP contribution in [0, 0.1) is 0 Å². The van der Waals surface area contributed by atoms with Crippen molar-refractivity contribution in [3.05, 3.63) is 28.5 Å². The standard InChI is InChI=1S/C9H10O3S/c1-2-3-5-12-7-4-6-13-8(7)9(10)11/h2-4,6H,5H2,1H3,(H,10,11). The molecule has 13 heavy (non-hydrogen) atoms. The molecular formula is C9H10O3S. The summed E-state index contributed by atoms with van der Waals surface area (Å²) in [5.74, 6) is -0.499. The molecule has 0 radical (unpaired) electrons. The minimum Gasteiger partial charge on any atom is -0.488 e. The van der Waals surface area contributed by atoms with Crippen molar-refractivity contribution in [3.8, 4) is 5.75 Å². The third kappa shape index (κ3) is 2.59. The van der Waals surface area contributed by atoms with Crippen molar-refractivity contribution in [1.82, 2.24) is 0 Å². The summed E-state index contributed by atoms with van der Waals surface area (Å²) < 4.78 is 5.22. The molecular weight excluding hydrogens is 188 g/mol. The van der Waals surface area contributed by atoms with E-state index in [1.165, 1.54) is 11.3 Å². The smallest absolute Gasteiger partial charge is 0.349 e. The minimum absolute atomic E-state index is 0.254. The second kappa shape index (κ2) is 4.67. The van der Waals surface area contributed by atoms with Gasteiger partial charge < -0.3 is 9.84 Å². The molecule has 0 atom stereocenters. The van der Waals surface area contributed by atoms with E-state index in [4.69, 9.17) is 9.84 Å². The zero-order chi connectivity index (χ0) is 9.68. The van der Waals surface area contributed by atoms with Gasteiger partial charge in [0.1, 0.15) is 12.4 Å². The normalized spacial score (nSPS) is 10.5. The number of aromatic carboxylic acids is 1. The molecule has 0 amide bonds. The Morgan fingerprint density at radius 1 is 1.77 bits per heavy atom. The topological polar surface area (TPSA) is 46.5 Å². The lowest BCUT2D eigenvalue weighted by Crippen LogP contribution is -1.99. The first-order valence-corrected chi connectivity index (χ1v) is 4.68. The van der Waals surface area contributed by atoms with Crippen LogP contribution in [0.2, 0.25) is 0 Å². The monoisotopic (exact) mass is 198 g/mol. The van der Waals surface area contributed by atoms with Gasteiger partial charge in [0.05, 0.1) is 0 Å². The van der Waals surface area contributed by atoms with Crippen LogP contribution in [-0.2, 0) is 0 Å². The zero-order valence-corrected chi connectivity index (χ0v) is 8.00. The fourth-order valence-corrected chi connectivity index (χ4v) is 1.47.